The molecule has 3 N–H and O–H groups in total. The van der Waals surface area contributed by atoms with Crippen LogP contribution in [-0.4, -0.2) is 44.0 Å². The number of nitrogens with one attached hydrogen (secondary N) is 1. The highest BCUT2D eigenvalue weighted by molar-refractivity contribution is 5.79. The van der Waals surface area contributed by atoms with Crippen molar-refractivity contribution < 1.29 is 4.79 Å². The van der Waals surface area contributed by atoms with Crippen LogP contribution in [0.1, 0.15) is 39.5 Å². The molecule has 0 saturated heterocycles. The fourth-order valence-corrected chi connectivity index (χ4v) is 3.16. The van der Waals surface area contributed by atoms with E-state index in [1.807, 2.05) is 0 Å². The van der Waals surface area contributed by atoms with E-state index in [0.717, 1.165) is 32.2 Å². The van der Waals surface area contributed by atoms with Crippen LogP contribution in [0.25, 0.3) is 0 Å². The molecule has 1 saturated carbocycles. The molecule has 4 heteroatoms. The Kier molecular flexibility index (Phi) is 6.80. The Balaban J connectivity index is 2.54. The fraction of sp³-hybridized carbons (Fsp3) is 0.933. The van der Waals surface area contributed by atoms with Gasteiger partial charge in [-0.15, -0.1) is 0 Å². The number of carbonyl (C=O) groups excluding carboxylic acids is 1. The Labute approximate surface area is 118 Å². The minimum absolute atomic E-state index is 0.141. The van der Waals surface area contributed by atoms with Gasteiger partial charge in [0.2, 0.25) is 5.91 Å². The predicted molar refractivity (Wildman–Crippen MR) is 79.8 cm³/mol. The Hall–Kier alpha value is -0.610. The normalized spacial score (nSPS) is 25.0. The van der Waals surface area contributed by atoms with Crippen LogP contribution in [0.5, 0.6) is 0 Å². The highest BCUT2D eigenvalue weighted by Gasteiger charge is 2.32. The summed E-state index contributed by atoms with van der Waals surface area (Å²) in [6, 6.07) is 0.251. The number of nitrogens with zero attached hydrogens (tertiary/aromatic N) is 1. The third kappa shape index (κ3) is 5.49. The van der Waals surface area contributed by atoms with Gasteiger partial charge in [0.05, 0.1) is 0 Å². The van der Waals surface area contributed by atoms with E-state index in [0.29, 0.717) is 18.4 Å². The largest absolute Gasteiger partial charge is 0.352 e. The maximum Gasteiger partial charge on any atom is 0.223 e. The van der Waals surface area contributed by atoms with Crippen LogP contribution in [0.4, 0.5) is 0 Å². The minimum atomic E-state index is 0.141. The third-order valence-corrected chi connectivity index (χ3v) is 3.99. The van der Waals surface area contributed by atoms with Gasteiger partial charge in [0.15, 0.2) is 0 Å². The van der Waals surface area contributed by atoms with Crippen molar-refractivity contribution in [3.63, 3.8) is 0 Å². The molecule has 19 heavy (non-hydrogen) atoms. The number of hydrogen-bond donors (Lipinski definition) is 2. The minimum Gasteiger partial charge on any atom is -0.352 e. The van der Waals surface area contributed by atoms with Crippen molar-refractivity contribution in [2.75, 3.05) is 27.2 Å². The summed E-state index contributed by atoms with van der Waals surface area (Å²) in [5, 5.41) is 3.25. The van der Waals surface area contributed by atoms with Gasteiger partial charge < -0.3 is 16.0 Å². The Morgan fingerprint density at radius 1 is 1.37 bits per heavy atom. The van der Waals surface area contributed by atoms with E-state index in [4.69, 9.17) is 5.73 Å². The maximum atomic E-state index is 12.4. The molecule has 0 aromatic carbocycles. The standard InChI is InChI=1S/C15H31N3O/c1-11(2)8-13(10-18(3)4)17-15(19)14-7-5-6-12(14)9-16/h11-14H,5-10,16H2,1-4H3,(H,17,19). The Bertz CT molecular complexity index is 269. The lowest BCUT2D eigenvalue weighted by atomic mass is 9.94. The molecule has 3 atom stereocenters. The Morgan fingerprint density at radius 2 is 2.05 bits per heavy atom. The summed E-state index contributed by atoms with van der Waals surface area (Å²) in [4.78, 5) is 14.5. The average molecular weight is 269 g/mol. The molecule has 1 amide bonds. The van der Waals surface area contributed by atoms with Crippen LogP contribution in [-0.2, 0) is 4.79 Å². The molecule has 0 spiro atoms. The van der Waals surface area contributed by atoms with Crippen LogP contribution in [0.2, 0.25) is 0 Å². The van der Waals surface area contributed by atoms with Crippen LogP contribution in [0.15, 0.2) is 0 Å². The zero-order valence-electron chi connectivity index (χ0n) is 13.0. The van der Waals surface area contributed by atoms with Crippen LogP contribution >= 0.6 is 0 Å². The van der Waals surface area contributed by atoms with Crippen molar-refractivity contribution in [1.82, 2.24) is 10.2 Å². The van der Waals surface area contributed by atoms with Gasteiger partial charge in [-0.1, -0.05) is 20.3 Å². The number of hydrogen-bond acceptors (Lipinski definition) is 3. The molecule has 112 valence electrons. The van der Waals surface area contributed by atoms with Crippen molar-refractivity contribution in [3.05, 3.63) is 0 Å². The molecule has 3 unspecified atom stereocenters. The van der Waals surface area contributed by atoms with Crippen LogP contribution in [0.3, 0.4) is 0 Å². The van der Waals surface area contributed by atoms with E-state index in [-0.39, 0.29) is 17.9 Å². The van der Waals surface area contributed by atoms with E-state index < -0.39 is 0 Å². The zero-order valence-corrected chi connectivity index (χ0v) is 13.0. The van der Waals surface area contributed by atoms with Gasteiger partial charge in [-0.2, -0.15) is 0 Å². The highest BCUT2D eigenvalue weighted by atomic mass is 16.2. The topological polar surface area (TPSA) is 58.4 Å². The van der Waals surface area contributed by atoms with Crippen molar-refractivity contribution in [2.24, 2.45) is 23.5 Å². The lowest BCUT2D eigenvalue weighted by Crippen LogP contribution is -2.46. The molecule has 1 fully saturated rings. The lowest BCUT2D eigenvalue weighted by Gasteiger charge is -2.26. The molecule has 1 aliphatic rings. The summed E-state index contributed by atoms with van der Waals surface area (Å²) in [5.41, 5.74) is 5.77. The smallest absolute Gasteiger partial charge is 0.223 e. The molecule has 0 aromatic rings. The summed E-state index contributed by atoms with van der Waals surface area (Å²) >= 11 is 0. The first-order valence-corrected chi connectivity index (χ1v) is 7.59. The first-order valence-electron chi connectivity index (χ1n) is 7.59. The lowest BCUT2D eigenvalue weighted by molar-refractivity contribution is -0.126. The average Bonchev–Trinajstić information content (AvgIpc) is 2.74. The van der Waals surface area contributed by atoms with Crippen LogP contribution in [0, 0.1) is 17.8 Å². The van der Waals surface area contributed by atoms with E-state index in [1.54, 1.807) is 0 Å². The van der Waals surface area contributed by atoms with Gasteiger partial charge >= 0.3 is 0 Å². The van der Waals surface area contributed by atoms with Crippen LogP contribution < -0.4 is 11.1 Å². The maximum absolute atomic E-state index is 12.4. The molecule has 0 aliphatic heterocycles. The second kappa shape index (κ2) is 7.85. The molecule has 0 heterocycles. The second-order valence-electron chi connectivity index (χ2n) is 6.63. The summed E-state index contributed by atoms with van der Waals surface area (Å²) in [6.45, 7) is 5.95. The fourth-order valence-electron chi connectivity index (χ4n) is 3.16. The monoisotopic (exact) mass is 269 g/mol. The summed E-state index contributed by atoms with van der Waals surface area (Å²) in [5.74, 6) is 1.35. The van der Waals surface area contributed by atoms with E-state index in [1.165, 1.54) is 0 Å². The van der Waals surface area contributed by atoms with Gasteiger partial charge in [-0.25, -0.2) is 0 Å². The predicted octanol–water partition coefficient (Wildman–Crippen LogP) is 1.45. The summed E-state index contributed by atoms with van der Waals surface area (Å²) < 4.78 is 0. The SMILES string of the molecule is CC(C)CC(CN(C)C)NC(=O)C1CCCC1CN. The first kappa shape index (κ1) is 16.4. The highest BCUT2D eigenvalue weighted by Crippen LogP contribution is 2.31. The van der Waals surface area contributed by atoms with E-state index >= 15 is 0 Å². The summed E-state index contributed by atoms with van der Waals surface area (Å²) in [6.07, 6.45) is 4.29. The molecular weight excluding hydrogens is 238 g/mol. The number of amides is 1. The summed E-state index contributed by atoms with van der Waals surface area (Å²) in [7, 11) is 4.11. The molecular formula is C15H31N3O. The quantitative estimate of drug-likeness (QED) is 0.735. The van der Waals surface area contributed by atoms with E-state index in [9.17, 15) is 4.79 Å². The molecule has 0 bridgehead atoms. The van der Waals surface area contributed by atoms with Gasteiger partial charge in [-0.05, 0) is 51.7 Å². The van der Waals surface area contributed by atoms with Crippen molar-refractivity contribution in [1.29, 1.82) is 0 Å². The molecule has 1 aliphatic carbocycles. The van der Waals surface area contributed by atoms with Gasteiger partial charge in [0.1, 0.15) is 0 Å². The van der Waals surface area contributed by atoms with Gasteiger partial charge in [0.25, 0.3) is 0 Å². The van der Waals surface area contributed by atoms with Gasteiger partial charge in [0, 0.05) is 18.5 Å². The van der Waals surface area contributed by atoms with Crippen molar-refractivity contribution in [2.45, 2.75) is 45.6 Å². The molecule has 0 radical (unpaired) electrons. The number of nitrogens with two attached hydrogens (primary N) is 1. The molecule has 4 nitrogen and oxygen atoms in total. The first-order chi connectivity index (χ1) is 8.93. The Morgan fingerprint density at radius 3 is 2.58 bits per heavy atom. The number of rotatable bonds is 7. The van der Waals surface area contributed by atoms with E-state index in [2.05, 4.69) is 38.2 Å². The van der Waals surface area contributed by atoms with Crippen molar-refractivity contribution >= 4 is 5.91 Å². The zero-order chi connectivity index (χ0) is 14.4. The second-order valence-corrected chi connectivity index (χ2v) is 6.63. The molecule has 0 aromatic heterocycles. The number of carbonyl (C=O) groups is 1. The van der Waals surface area contributed by atoms with Gasteiger partial charge in [-0.3, -0.25) is 4.79 Å². The van der Waals surface area contributed by atoms with Crippen molar-refractivity contribution in [3.8, 4) is 0 Å². The third-order valence-electron chi connectivity index (χ3n) is 3.99. The molecule has 1 rings (SSSR count). The number of likely N-dealkylation sites (N-methyl/N-ethyl adjacent to an activating group) is 1.